The monoisotopic (exact) mass is 581 g/mol. The Labute approximate surface area is 231 Å². The number of hydrogen-bond acceptors (Lipinski definition) is 6. The molecule has 2 aliphatic carbocycles. The zero-order chi connectivity index (χ0) is 27.5. The first-order valence-corrected chi connectivity index (χ1v) is 14.2. The Hall–Kier alpha value is -3.04. The highest BCUT2D eigenvalue weighted by atomic mass is 35.5. The molecule has 1 aliphatic heterocycles. The number of benzene rings is 1. The van der Waals surface area contributed by atoms with Gasteiger partial charge in [-0.05, 0) is 43.4 Å². The van der Waals surface area contributed by atoms with Crippen LogP contribution in [-0.4, -0.2) is 64.7 Å². The average molecular weight is 582 g/mol. The molecule has 39 heavy (non-hydrogen) atoms. The van der Waals surface area contributed by atoms with E-state index in [0.29, 0.717) is 18.4 Å². The fourth-order valence-electron chi connectivity index (χ4n) is 5.35. The first kappa shape index (κ1) is 29.0. The second-order valence-electron chi connectivity index (χ2n) is 10.4. The summed E-state index contributed by atoms with van der Waals surface area (Å²) in [6.45, 7) is -0.935. The van der Waals surface area contributed by atoms with E-state index in [2.05, 4.69) is 10.4 Å². The summed E-state index contributed by atoms with van der Waals surface area (Å²) in [7, 11) is -2.34. The van der Waals surface area contributed by atoms with Gasteiger partial charge in [0, 0.05) is 31.8 Å². The Kier molecular flexibility index (Phi) is 7.55. The predicted octanol–water partition coefficient (Wildman–Crippen LogP) is 3.59. The molecule has 2 heterocycles. The standard InChI is InChI=1S/C25H26ClF2N5O4S.CH4/c1-32-12-16(11-30-32)15-2-3-21(20(26)8-15)38(36,37)17-9-18(22(34)31-24(13-29)4-5-24)19(10-17)23(35)33-7-6-25(27,28)14-33;/h2-3,8,11-12,17-19H,4-7,9-10,14H2,1H3,(H,31,34);1H4/t17-,18-,19-;/m1./s1. The molecule has 9 nitrogen and oxygen atoms in total. The van der Waals surface area contributed by atoms with Crippen molar-refractivity contribution in [2.24, 2.45) is 18.9 Å². The maximum atomic E-state index is 13.8. The highest BCUT2D eigenvalue weighted by Gasteiger charge is 2.53. The van der Waals surface area contributed by atoms with Crippen LogP contribution in [0.4, 0.5) is 8.78 Å². The van der Waals surface area contributed by atoms with E-state index in [0.717, 1.165) is 10.5 Å². The van der Waals surface area contributed by atoms with E-state index in [4.69, 9.17) is 11.6 Å². The van der Waals surface area contributed by atoms with E-state index in [9.17, 15) is 32.0 Å². The van der Waals surface area contributed by atoms with E-state index in [-0.39, 0.29) is 36.7 Å². The Morgan fingerprint density at radius 3 is 2.41 bits per heavy atom. The van der Waals surface area contributed by atoms with Gasteiger partial charge in [-0.3, -0.25) is 14.3 Å². The molecule has 0 unspecified atom stereocenters. The molecule has 1 aromatic carbocycles. The van der Waals surface area contributed by atoms with Crippen LogP contribution >= 0.6 is 11.6 Å². The van der Waals surface area contributed by atoms with Gasteiger partial charge in [0.25, 0.3) is 5.92 Å². The molecule has 1 aromatic heterocycles. The smallest absolute Gasteiger partial charge is 0.267 e. The molecular formula is C26H30ClF2N5O4S. The Morgan fingerprint density at radius 1 is 1.18 bits per heavy atom. The van der Waals surface area contributed by atoms with Crippen molar-refractivity contribution in [3.63, 3.8) is 0 Å². The number of amides is 2. The zero-order valence-electron chi connectivity index (χ0n) is 20.5. The molecule has 3 aliphatic rings. The third-order valence-corrected chi connectivity index (χ3v) is 10.4. The number of aryl methyl sites for hydroxylation is 1. The summed E-state index contributed by atoms with van der Waals surface area (Å²) in [4.78, 5) is 27.4. The van der Waals surface area contributed by atoms with Crippen molar-refractivity contribution in [1.82, 2.24) is 20.0 Å². The third kappa shape index (κ3) is 5.52. The minimum atomic E-state index is -4.09. The van der Waals surface area contributed by atoms with Crippen molar-refractivity contribution in [3.05, 3.63) is 35.6 Å². The summed E-state index contributed by atoms with van der Waals surface area (Å²) in [5.41, 5.74) is 0.392. The lowest BCUT2D eigenvalue weighted by atomic mass is 9.93. The van der Waals surface area contributed by atoms with Crippen molar-refractivity contribution >= 4 is 33.3 Å². The Balaban J connectivity index is 0.00000353. The van der Waals surface area contributed by atoms with Crippen molar-refractivity contribution in [3.8, 4) is 17.2 Å². The van der Waals surface area contributed by atoms with Crippen LogP contribution < -0.4 is 5.32 Å². The van der Waals surface area contributed by atoms with Gasteiger partial charge < -0.3 is 10.2 Å². The summed E-state index contributed by atoms with van der Waals surface area (Å²) in [5, 5.41) is 15.0. The number of halogens is 3. The summed E-state index contributed by atoms with van der Waals surface area (Å²) in [6, 6.07) is 6.55. The van der Waals surface area contributed by atoms with Crippen LogP contribution in [0, 0.1) is 23.2 Å². The number of carbonyl (C=O) groups is 2. The van der Waals surface area contributed by atoms with Gasteiger partial charge in [0.2, 0.25) is 11.8 Å². The summed E-state index contributed by atoms with van der Waals surface area (Å²) >= 11 is 6.42. The van der Waals surface area contributed by atoms with Crippen molar-refractivity contribution in [2.75, 3.05) is 13.1 Å². The molecule has 0 radical (unpaired) electrons. The van der Waals surface area contributed by atoms with Crippen molar-refractivity contribution in [1.29, 1.82) is 5.26 Å². The van der Waals surface area contributed by atoms with E-state index in [1.165, 1.54) is 12.1 Å². The molecule has 13 heteroatoms. The van der Waals surface area contributed by atoms with E-state index >= 15 is 0 Å². The maximum absolute atomic E-state index is 13.8. The van der Waals surface area contributed by atoms with Crippen molar-refractivity contribution in [2.45, 2.75) is 61.1 Å². The van der Waals surface area contributed by atoms with Crippen LogP contribution in [0.1, 0.15) is 39.5 Å². The first-order valence-electron chi connectivity index (χ1n) is 12.3. The van der Waals surface area contributed by atoms with E-state index in [1.807, 2.05) is 6.07 Å². The van der Waals surface area contributed by atoms with Gasteiger partial charge >= 0.3 is 0 Å². The zero-order valence-corrected chi connectivity index (χ0v) is 22.1. The number of aromatic nitrogens is 2. The minimum absolute atomic E-state index is 0. The fourth-order valence-corrected chi connectivity index (χ4v) is 7.72. The Morgan fingerprint density at radius 2 is 1.87 bits per heavy atom. The molecule has 3 atom stereocenters. The lowest BCUT2D eigenvalue weighted by Crippen LogP contribution is -2.45. The molecule has 2 amide bonds. The van der Waals surface area contributed by atoms with Gasteiger partial charge in [-0.15, -0.1) is 0 Å². The molecule has 3 fully saturated rings. The van der Waals surface area contributed by atoms with Crippen LogP contribution in [0.3, 0.4) is 0 Å². The molecule has 0 bridgehead atoms. The molecule has 1 saturated heterocycles. The normalized spacial score (nSPS) is 25.0. The number of rotatable bonds is 6. The van der Waals surface area contributed by atoms with Gasteiger partial charge in [0.15, 0.2) is 9.84 Å². The number of alkyl halides is 2. The summed E-state index contributed by atoms with van der Waals surface area (Å²) in [6.07, 6.45) is 3.41. The molecule has 210 valence electrons. The second kappa shape index (κ2) is 10.2. The molecule has 2 saturated carbocycles. The number of carbonyl (C=O) groups excluding carboxylic acids is 2. The number of nitrogens with one attached hydrogen (secondary N) is 1. The molecule has 5 rings (SSSR count). The number of nitriles is 1. The lowest BCUT2D eigenvalue weighted by Gasteiger charge is -2.24. The lowest BCUT2D eigenvalue weighted by molar-refractivity contribution is -0.141. The van der Waals surface area contributed by atoms with Crippen LogP contribution in [0.2, 0.25) is 5.02 Å². The third-order valence-electron chi connectivity index (χ3n) is 7.70. The maximum Gasteiger partial charge on any atom is 0.267 e. The number of nitrogens with zero attached hydrogens (tertiary/aromatic N) is 4. The van der Waals surface area contributed by atoms with Crippen LogP contribution in [0.15, 0.2) is 35.5 Å². The predicted molar refractivity (Wildman–Crippen MR) is 139 cm³/mol. The fraction of sp³-hybridized carbons (Fsp3) is 0.538. The van der Waals surface area contributed by atoms with Crippen LogP contribution in [-0.2, 0) is 26.5 Å². The van der Waals surface area contributed by atoms with E-state index in [1.54, 1.807) is 30.2 Å². The van der Waals surface area contributed by atoms with Gasteiger partial charge in [-0.1, -0.05) is 25.1 Å². The molecule has 0 spiro atoms. The van der Waals surface area contributed by atoms with Gasteiger partial charge in [0.1, 0.15) is 5.54 Å². The largest absolute Gasteiger partial charge is 0.338 e. The summed E-state index contributed by atoms with van der Waals surface area (Å²) in [5.74, 6) is -6.48. The van der Waals surface area contributed by atoms with Crippen molar-refractivity contribution < 1.29 is 26.8 Å². The molecule has 1 N–H and O–H groups in total. The minimum Gasteiger partial charge on any atom is -0.338 e. The van der Waals surface area contributed by atoms with Gasteiger partial charge in [0.05, 0.1) is 45.8 Å². The average Bonchev–Trinajstić information content (AvgIpc) is 3.17. The quantitative estimate of drug-likeness (QED) is 0.556. The first-order chi connectivity index (χ1) is 17.8. The highest BCUT2D eigenvalue weighted by molar-refractivity contribution is 7.92. The molecular weight excluding hydrogens is 552 g/mol. The second-order valence-corrected chi connectivity index (χ2v) is 13.1. The summed E-state index contributed by atoms with van der Waals surface area (Å²) < 4.78 is 56.7. The van der Waals surface area contributed by atoms with E-state index < -0.39 is 63.2 Å². The van der Waals surface area contributed by atoms with Gasteiger partial charge in [-0.2, -0.15) is 10.4 Å². The molecule has 2 aromatic rings. The SMILES string of the molecule is C.Cn1cc(-c2ccc(S(=O)(=O)[C@@H]3C[C@@H](C(=O)NC4(C#N)CC4)[C@H](C(=O)N4CCC(F)(F)C4)C3)c(Cl)c2)cn1. The topological polar surface area (TPSA) is 125 Å². The van der Waals surface area contributed by atoms with Crippen LogP contribution in [0.25, 0.3) is 11.1 Å². The number of likely N-dealkylation sites (tertiary alicyclic amines) is 1. The van der Waals surface area contributed by atoms with Gasteiger partial charge in [-0.25, -0.2) is 17.2 Å². The highest BCUT2D eigenvalue weighted by Crippen LogP contribution is 2.43. The number of sulfone groups is 1. The Bertz CT molecular complexity index is 1450. The van der Waals surface area contributed by atoms with Crippen LogP contribution in [0.5, 0.6) is 0 Å². The number of hydrogen-bond donors (Lipinski definition) is 1.